The first kappa shape index (κ1) is 17.3. The van der Waals surface area contributed by atoms with Gasteiger partial charge in [0.25, 0.3) is 0 Å². The highest BCUT2D eigenvalue weighted by atomic mass is 19.1. The van der Waals surface area contributed by atoms with Crippen molar-refractivity contribution in [1.82, 2.24) is 0 Å². The van der Waals surface area contributed by atoms with Crippen LogP contribution in [0.1, 0.15) is 5.56 Å². The summed E-state index contributed by atoms with van der Waals surface area (Å²) in [5.74, 6) is 0.382. The van der Waals surface area contributed by atoms with E-state index in [1.165, 1.54) is 21.3 Å². The van der Waals surface area contributed by atoms with E-state index >= 15 is 0 Å². The molecule has 0 bridgehead atoms. The smallest absolute Gasteiger partial charge is 0.333 e. The van der Waals surface area contributed by atoms with E-state index in [0.717, 1.165) is 17.7 Å². The van der Waals surface area contributed by atoms with Crippen LogP contribution in [0.15, 0.2) is 30.3 Å². The Hall–Kier alpha value is -3.03. The average molecular weight is 336 g/mol. The van der Waals surface area contributed by atoms with Crippen LogP contribution in [0.5, 0.6) is 17.2 Å². The predicted octanol–water partition coefficient (Wildman–Crippen LogP) is 3.37. The van der Waals surface area contributed by atoms with Crippen LogP contribution in [0, 0.1) is 15.9 Å². The SMILES string of the molecule is COc1ccc(CNc2cc(F)cc(OC)c2[N+](=O)[O-])c(OC)c1. The van der Waals surface area contributed by atoms with E-state index < -0.39 is 10.7 Å². The molecule has 24 heavy (non-hydrogen) atoms. The van der Waals surface area contributed by atoms with Crippen LogP contribution >= 0.6 is 0 Å². The number of halogens is 1. The van der Waals surface area contributed by atoms with Crippen molar-refractivity contribution in [3.8, 4) is 17.2 Å². The van der Waals surface area contributed by atoms with E-state index in [9.17, 15) is 14.5 Å². The monoisotopic (exact) mass is 336 g/mol. The first-order valence-corrected chi connectivity index (χ1v) is 6.96. The van der Waals surface area contributed by atoms with Gasteiger partial charge in [-0.05, 0) is 12.1 Å². The summed E-state index contributed by atoms with van der Waals surface area (Å²) in [6.45, 7) is 0.195. The Labute approximate surface area is 138 Å². The lowest BCUT2D eigenvalue weighted by Crippen LogP contribution is -2.06. The first-order valence-electron chi connectivity index (χ1n) is 6.96. The summed E-state index contributed by atoms with van der Waals surface area (Å²) in [5.41, 5.74) is 0.428. The van der Waals surface area contributed by atoms with E-state index in [0.29, 0.717) is 11.5 Å². The van der Waals surface area contributed by atoms with Crippen LogP contribution in [-0.4, -0.2) is 26.3 Å². The molecule has 0 radical (unpaired) electrons. The second-order valence-electron chi connectivity index (χ2n) is 4.79. The Morgan fingerprint density at radius 2 is 1.79 bits per heavy atom. The van der Waals surface area contributed by atoms with Crippen molar-refractivity contribution in [1.29, 1.82) is 0 Å². The zero-order chi connectivity index (χ0) is 17.7. The van der Waals surface area contributed by atoms with Crippen molar-refractivity contribution in [2.75, 3.05) is 26.6 Å². The molecule has 0 aromatic heterocycles. The minimum absolute atomic E-state index is 0.0229. The number of nitrogens with zero attached hydrogens (tertiary/aromatic N) is 1. The van der Waals surface area contributed by atoms with Crippen LogP contribution in [-0.2, 0) is 6.54 Å². The molecule has 8 heteroatoms. The molecular weight excluding hydrogens is 319 g/mol. The summed E-state index contributed by atoms with van der Waals surface area (Å²) >= 11 is 0. The van der Waals surface area contributed by atoms with Crippen molar-refractivity contribution < 1.29 is 23.5 Å². The largest absolute Gasteiger partial charge is 0.497 e. The van der Waals surface area contributed by atoms with Gasteiger partial charge in [0.05, 0.1) is 26.3 Å². The van der Waals surface area contributed by atoms with Gasteiger partial charge >= 0.3 is 5.69 Å². The Morgan fingerprint density at radius 1 is 1.08 bits per heavy atom. The molecule has 0 heterocycles. The van der Waals surface area contributed by atoms with Gasteiger partial charge in [-0.25, -0.2) is 4.39 Å². The number of hydrogen-bond acceptors (Lipinski definition) is 6. The van der Waals surface area contributed by atoms with Crippen molar-refractivity contribution >= 4 is 11.4 Å². The lowest BCUT2D eigenvalue weighted by molar-refractivity contribution is -0.384. The van der Waals surface area contributed by atoms with Crippen LogP contribution in [0.3, 0.4) is 0 Å². The number of rotatable bonds is 7. The number of ether oxygens (including phenoxy) is 3. The maximum atomic E-state index is 13.6. The summed E-state index contributed by atoms with van der Waals surface area (Å²) in [4.78, 5) is 10.6. The molecule has 0 aliphatic carbocycles. The van der Waals surface area contributed by atoms with Gasteiger partial charge in [0.1, 0.15) is 23.0 Å². The lowest BCUT2D eigenvalue weighted by atomic mass is 10.1. The maximum Gasteiger partial charge on any atom is 0.333 e. The van der Waals surface area contributed by atoms with Gasteiger partial charge in [-0.1, -0.05) is 0 Å². The molecule has 7 nitrogen and oxygen atoms in total. The zero-order valence-electron chi connectivity index (χ0n) is 13.5. The third kappa shape index (κ3) is 3.65. The molecule has 0 aliphatic rings. The van der Waals surface area contributed by atoms with E-state index in [2.05, 4.69) is 5.32 Å². The minimum Gasteiger partial charge on any atom is -0.497 e. The van der Waals surface area contributed by atoms with Crippen LogP contribution < -0.4 is 19.5 Å². The van der Waals surface area contributed by atoms with Gasteiger partial charge in [0.2, 0.25) is 5.75 Å². The minimum atomic E-state index is -0.637. The van der Waals surface area contributed by atoms with E-state index in [-0.39, 0.29) is 23.7 Å². The highest BCUT2D eigenvalue weighted by molar-refractivity contribution is 5.69. The molecule has 0 saturated carbocycles. The van der Waals surface area contributed by atoms with Gasteiger partial charge in [0, 0.05) is 30.3 Å². The molecule has 0 atom stereocenters. The van der Waals surface area contributed by atoms with Crippen LogP contribution in [0.25, 0.3) is 0 Å². The van der Waals surface area contributed by atoms with Gasteiger partial charge in [-0.3, -0.25) is 10.1 Å². The van der Waals surface area contributed by atoms with Crippen molar-refractivity contribution in [3.63, 3.8) is 0 Å². The van der Waals surface area contributed by atoms with E-state index in [1.54, 1.807) is 18.2 Å². The number of hydrogen-bond donors (Lipinski definition) is 1. The van der Waals surface area contributed by atoms with Crippen LogP contribution in [0.4, 0.5) is 15.8 Å². The maximum absolute atomic E-state index is 13.6. The number of nitro groups is 1. The Morgan fingerprint density at radius 3 is 2.38 bits per heavy atom. The number of nitrogens with one attached hydrogen (secondary N) is 1. The molecule has 0 saturated heterocycles. The molecule has 2 aromatic rings. The lowest BCUT2D eigenvalue weighted by Gasteiger charge is -2.13. The summed E-state index contributed by atoms with van der Waals surface area (Å²) in [7, 11) is 4.29. The molecule has 0 aliphatic heterocycles. The fourth-order valence-electron chi connectivity index (χ4n) is 2.24. The number of methoxy groups -OCH3 is 3. The summed E-state index contributed by atoms with van der Waals surface area (Å²) in [5, 5.41) is 14.1. The fraction of sp³-hybridized carbons (Fsp3) is 0.250. The summed E-state index contributed by atoms with van der Waals surface area (Å²) in [6.07, 6.45) is 0. The standard InChI is InChI=1S/C16H17FN2O5/c1-22-12-5-4-10(14(8-12)23-2)9-18-13-6-11(17)7-15(24-3)16(13)19(20)21/h4-8,18H,9H2,1-3H3. The molecule has 0 fully saturated rings. The number of nitro benzene ring substituents is 1. The van der Waals surface area contributed by atoms with Gasteiger partial charge in [-0.2, -0.15) is 0 Å². The first-order chi connectivity index (χ1) is 11.5. The fourth-order valence-corrected chi connectivity index (χ4v) is 2.24. The molecule has 0 spiro atoms. The predicted molar refractivity (Wildman–Crippen MR) is 86.5 cm³/mol. The molecule has 1 N–H and O–H groups in total. The Bertz CT molecular complexity index is 751. The third-order valence-corrected chi connectivity index (χ3v) is 3.41. The zero-order valence-corrected chi connectivity index (χ0v) is 13.5. The quantitative estimate of drug-likeness (QED) is 0.616. The van der Waals surface area contributed by atoms with Gasteiger partial charge in [-0.15, -0.1) is 0 Å². The average Bonchev–Trinajstić information content (AvgIpc) is 2.58. The van der Waals surface area contributed by atoms with Crippen LogP contribution in [0.2, 0.25) is 0 Å². The summed E-state index contributed by atoms with van der Waals surface area (Å²) < 4.78 is 28.9. The molecule has 128 valence electrons. The molecular formula is C16H17FN2O5. The van der Waals surface area contributed by atoms with Crippen molar-refractivity contribution in [2.45, 2.75) is 6.54 Å². The molecule has 2 rings (SSSR count). The third-order valence-electron chi connectivity index (χ3n) is 3.41. The second kappa shape index (κ2) is 7.49. The number of anilines is 1. The highest BCUT2D eigenvalue weighted by Crippen LogP contribution is 2.36. The van der Waals surface area contributed by atoms with E-state index in [1.807, 2.05) is 0 Å². The van der Waals surface area contributed by atoms with Crippen molar-refractivity contribution in [2.24, 2.45) is 0 Å². The van der Waals surface area contributed by atoms with Crippen molar-refractivity contribution in [3.05, 3.63) is 51.8 Å². The topological polar surface area (TPSA) is 82.9 Å². The normalized spacial score (nSPS) is 10.2. The summed E-state index contributed by atoms with van der Waals surface area (Å²) in [6, 6.07) is 7.21. The second-order valence-corrected chi connectivity index (χ2v) is 4.79. The molecule has 0 unspecified atom stereocenters. The van der Waals surface area contributed by atoms with Gasteiger partial charge < -0.3 is 19.5 Å². The highest BCUT2D eigenvalue weighted by Gasteiger charge is 2.22. The van der Waals surface area contributed by atoms with E-state index in [4.69, 9.17) is 14.2 Å². The number of benzene rings is 2. The molecule has 0 amide bonds. The molecule has 2 aromatic carbocycles. The Balaban J connectivity index is 2.32. The Kier molecular flexibility index (Phi) is 5.41. The van der Waals surface area contributed by atoms with Gasteiger partial charge in [0.15, 0.2) is 0 Å².